The highest BCUT2D eigenvalue weighted by Gasteiger charge is 2.17. The SMILES string of the molecule is CCOc1ccc2[nH]c(=O)c(CN(CCN3CCOCC3)C(=S)NCCCN(C)C)cc2c1. The summed E-state index contributed by atoms with van der Waals surface area (Å²) in [6.45, 7) is 9.81. The molecule has 2 heterocycles. The van der Waals surface area contributed by atoms with Crippen LogP contribution in [0.3, 0.4) is 0 Å². The maximum absolute atomic E-state index is 12.8. The molecular formula is C24H37N5O3S. The van der Waals surface area contributed by atoms with Gasteiger partial charge in [0.1, 0.15) is 5.75 Å². The first-order valence-corrected chi connectivity index (χ1v) is 12.1. The Morgan fingerprint density at radius 2 is 2.03 bits per heavy atom. The van der Waals surface area contributed by atoms with Crippen molar-refractivity contribution >= 4 is 28.2 Å². The minimum atomic E-state index is -0.0848. The van der Waals surface area contributed by atoms with Crippen molar-refractivity contribution in [3.05, 3.63) is 40.2 Å². The Kier molecular flexibility index (Phi) is 9.93. The number of ether oxygens (including phenoxy) is 2. The minimum Gasteiger partial charge on any atom is -0.494 e. The molecule has 2 N–H and O–H groups in total. The monoisotopic (exact) mass is 475 g/mol. The van der Waals surface area contributed by atoms with Crippen LogP contribution in [0.1, 0.15) is 18.9 Å². The van der Waals surface area contributed by atoms with E-state index in [1.54, 1.807) is 0 Å². The van der Waals surface area contributed by atoms with E-state index in [-0.39, 0.29) is 5.56 Å². The van der Waals surface area contributed by atoms with Crippen LogP contribution < -0.4 is 15.6 Å². The predicted molar refractivity (Wildman–Crippen MR) is 137 cm³/mol. The number of fused-ring (bicyclic) bond motifs is 1. The fourth-order valence-corrected chi connectivity index (χ4v) is 4.11. The number of H-pyrrole nitrogens is 1. The first kappa shape index (κ1) is 25.4. The normalized spacial score (nSPS) is 14.5. The molecule has 3 rings (SSSR count). The van der Waals surface area contributed by atoms with Crippen LogP contribution in [0.15, 0.2) is 29.1 Å². The number of rotatable bonds is 11. The van der Waals surface area contributed by atoms with E-state index in [9.17, 15) is 4.79 Å². The number of hydrogen-bond donors (Lipinski definition) is 2. The molecule has 0 atom stereocenters. The fourth-order valence-electron chi connectivity index (χ4n) is 3.85. The molecule has 1 saturated heterocycles. The summed E-state index contributed by atoms with van der Waals surface area (Å²) in [5.74, 6) is 0.797. The van der Waals surface area contributed by atoms with Crippen LogP contribution in [0.5, 0.6) is 5.75 Å². The summed E-state index contributed by atoms with van der Waals surface area (Å²) in [6.07, 6.45) is 1.00. The molecule has 0 saturated carbocycles. The van der Waals surface area contributed by atoms with Gasteiger partial charge in [0, 0.05) is 49.2 Å². The van der Waals surface area contributed by atoms with Crippen molar-refractivity contribution in [2.75, 3.05) is 73.2 Å². The topological polar surface area (TPSA) is 73.1 Å². The minimum absolute atomic E-state index is 0.0848. The molecule has 0 spiro atoms. The lowest BCUT2D eigenvalue weighted by atomic mass is 10.1. The van der Waals surface area contributed by atoms with E-state index in [1.807, 2.05) is 31.2 Å². The maximum atomic E-state index is 12.8. The zero-order valence-electron chi connectivity index (χ0n) is 20.1. The summed E-state index contributed by atoms with van der Waals surface area (Å²) in [7, 11) is 4.13. The third kappa shape index (κ3) is 7.96. The Hall–Kier alpha value is -2.20. The van der Waals surface area contributed by atoms with E-state index in [0.717, 1.165) is 75.6 Å². The Labute approximate surface area is 201 Å². The average molecular weight is 476 g/mol. The van der Waals surface area contributed by atoms with Crippen LogP contribution in [0.25, 0.3) is 10.9 Å². The number of pyridine rings is 1. The number of nitrogens with zero attached hydrogens (tertiary/aromatic N) is 3. The average Bonchev–Trinajstić information content (AvgIpc) is 2.80. The van der Waals surface area contributed by atoms with Gasteiger partial charge in [-0.2, -0.15) is 0 Å². The molecule has 33 heavy (non-hydrogen) atoms. The van der Waals surface area contributed by atoms with Crippen LogP contribution in [-0.4, -0.2) is 98.0 Å². The van der Waals surface area contributed by atoms with Gasteiger partial charge in [-0.3, -0.25) is 9.69 Å². The Morgan fingerprint density at radius 1 is 1.24 bits per heavy atom. The van der Waals surface area contributed by atoms with E-state index < -0.39 is 0 Å². The van der Waals surface area contributed by atoms with Gasteiger partial charge in [-0.1, -0.05) is 0 Å². The van der Waals surface area contributed by atoms with Crippen LogP contribution in [0, 0.1) is 0 Å². The Balaban J connectivity index is 1.73. The van der Waals surface area contributed by atoms with Gasteiger partial charge in [-0.05, 0) is 70.5 Å². The van der Waals surface area contributed by atoms with Crippen molar-refractivity contribution in [2.24, 2.45) is 0 Å². The van der Waals surface area contributed by atoms with Crippen molar-refractivity contribution in [1.29, 1.82) is 0 Å². The molecule has 2 aromatic rings. The highest BCUT2D eigenvalue weighted by molar-refractivity contribution is 7.80. The highest BCUT2D eigenvalue weighted by atomic mass is 32.1. The first-order valence-electron chi connectivity index (χ1n) is 11.7. The number of morpholine rings is 1. The standard InChI is InChI=1S/C24H37N5O3S/c1-4-32-21-6-7-22-19(17-21)16-20(23(30)26-22)18-29(11-10-28-12-14-31-15-13-28)24(33)25-8-5-9-27(2)3/h6-7,16-17H,4-5,8-15,18H2,1-3H3,(H,25,33)(H,26,30). The molecule has 8 nitrogen and oxygen atoms in total. The smallest absolute Gasteiger partial charge is 0.253 e. The molecule has 0 aliphatic carbocycles. The molecule has 1 fully saturated rings. The van der Waals surface area contributed by atoms with Crippen molar-refractivity contribution in [2.45, 2.75) is 19.9 Å². The van der Waals surface area contributed by atoms with E-state index in [4.69, 9.17) is 21.7 Å². The molecule has 1 aromatic heterocycles. The maximum Gasteiger partial charge on any atom is 0.253 e. The van der Waals surface area contributed by atoms with E-state index in [2.05, 4.69) is 39.1 Å². The summed E-state index contributed by atoms with van der Waals surface area (Å²) >= 11 is 5.74. The summed E-state index contributed by atoms with van der Waals surface area (Å²) < 4.78 is 11.1. The largest absolute Gasteiger partial charge is 0.494 e. The second kappa shape index (κ2) is 12.9. The molecule has 0 bridgehead atoms. The molecule has 0 radical (unpaired) electrons. The van der Waals surface area contributed by atoms with Crippen molar-refractivity contribution in [3.8, 4) is 5.75 Å². The van der Waals surface area contributed by atoms with Gasteiger partial charge in [-0.15, -0.1) is 0 Å². The molecular weight excluding hydrogens is 438 g/mol. The summed E-state index contributed by atoms with van der Waals surface area (Å²) in [6, 6.07) is 7.68. The van der Waals surface area contributed by atoms with Gasteiger partial charge in [-0.25, -0.2) is 0 Å². The number of hydrogen-bond acceptors (Lipinski definition) is 6. The van der Waals surface area contributed by atoms with Crippen LogP contribution >= 0.6 is 12.2 Å². The van der Waals surface area contributed by atoms with Crippen molar-refractivity contribution in [3.63, 3.8) is 0 Å². The Bertz CT molecular complexity index is 959. The van der Waals surface area contributed by atoms with Gasteiger partial charge in [0.15, 0.2) is 5.11 Å². The van der Waals surface area contributed by atoms with E-state index in [0.29, 0.717) is 23.8 Å². The predicted octanol–water partition coefficient (Wildman–Crippen LogP) is 1.89. The molecule has 0 amide bonds. The lowest BCUT2D eigenvalue weighted by molar-refractivity contribution is 0.0357. The van der Waals surface area contributed by atoms with Crippen molar-refractivity contribution < 1.29 is 9.47 Å². The number of benzene rings is 1. The lowest BCUT2D eigenvalue weighted by Gasteiger charge is -2.31. The van der Waals surface area contributed by atoms with Gasteiger partial charge < -0.3 is 29.6 Å². The molecule has 1 aromatic carbocycles. The zero-order chi connectivity index (χ0) is 23.6. The molecule has 0 unspecified atom stereocenters. The second-order valence-electron chi connectivity index (χ2n) is 8.57. The molecule has 1 aliphatic rings. The lowest BCUT2D eigenvalue weighted by Crippen LogP contribution is -2.46. The number of nitrogens with one attached hydrogen (secondary N) is 2. The number of aromatic nitrogens is 1. The third-order valence-electron chi connectivity index (χ3n) is 5.70. The fraction of sp³-hybridized carbons (Fsp3) is 0.583. The van der Waals surface area contributed by atoms with Crippen LogP contribution in [0.2, 0.25) is 0 Å². The third-order valence-corrected chi connectivity index (χ3v) is 6.10. The molecule has 182 valence electrons. The van der Waals surface area contributed by atoms with Gasteiger partial charge in [0.25, 0.3) is 5.56 Å². The summed E-state index contributed by atoms with van der Waals surface area (Å²) in [5.41, 5.74) is 1.41. The number of aromatic amines is 1. The van der Waals surface area contributed by atoms with E-state index in [1.165, 1.54) is 0 Å². The van der Waals surface area contributed by atoms with Crippen LogP contribution in [0.4, 0.5) is 0 Å². The molecule has 9 heteroatoms. The first-order chi connectivity index (χ1) is 16.0. The quantitative estimate of drug-likeness (QED) is 0.377. The van der Waals surface area contributed by atoms with Gasteiger partial charge in [0.05, 0.1) is 26.4 Å². The van der Waals surface area contributed by atoms with Gasteiger partial charge >= 0.3 is 0 Å². The Morgan fingerprint density at radius 3 is 2.76 bits per heavy atom. The summed E-state index contributed by atoms with van der Waals surface area (Å²) in [4.78, 5) is 22.5. The zero-order valence-corrected chi connectivity index (χ0v) is 20.9. The van der Waals surface area contributed by atoms with Crippen LogP contribution in [-0.2, 0) is 11.3 Å². The number of thiocarbonyl (C=S) groups is 1. The highest BCUT2D eigenvalue weighted by Crippen LogP contribution is 2.19. The van der Waals surface area contributed by atoms with Crippen molar-refractivity contribution in [1.82, 2.24) is 25.0 Å². The second-order valence-corrected chi connectivity index (χ2v) is 8.96. The molecule has 1 aliphatic heterocycles. The van der Waals surface area contributed by atoms with E-state index >= 15 is 0 Å². The summed E-state index contributed by atoms with van der Waals surface area (Å²) in [5, 5.41) is 5.02. The van der Waals surface area contributed by atoms with Gasteiger partial charge in [0.2, 0.25) is 0 Å².